The minimum Gasteiger partial charge on any atom is -0.343 e. The zero-order chi connectivity index (χ0) is 13.7. The molecule has 5 nitrogen and oxygen atoms in total. The molecule has 0 bridgehead atoms. The van der Waals surface area contributed by atoms with Gasteiger partial charge >= 0.3 is 0 Å². The van der Waals surface area contributed by atoms with Crippen molar-refractivity contribution in [1.82, 2.24) is 19.6 Å². The SMILES string of the molecule is CC.CN1CCCn2nc(C(=O)N(C)C)cc2C1. The Balaban J connectivity index is 0.000000771. The van der Waals surface area contributed by atoms with Crippen molar-refractivity contribution in [1.29, 1.82) is 0 Å². The normalized spacial score (nSPS) is 15.2. The lowest BCUT2D eigenvalue weighted by Crippen LogP contribution is -2.22. The average Bonchev–Trinajstić information content (AvgIpc) is 2.66. The van der Waals surface area contributed by atoms with Crippen molar-refractivity contribution in [2.24, 2.45) is 0 Å². The number of aromatic nitrogens is 2. The lowest BCUT2D eigenvalue weighted by Gasteiger charge is -2.11. The Morgan fingerprint density at radius 2 is 2.00 bits per heavy atom. The Bertz CT molecular complexity index is 398. The molecule has 0 aliphatic carbocycles. The number of carbonyl (C=O) groups excluding carboxylic acids is 1. The van der Waals surface area contributed by atoms with Crippen LogP contribution in [0.15, 0.2) is 6.07 Å². The van der Waals surface area contributed by atoms with E-state index in [1.807, 2.05) is 24.6 Å². The number of hydrogen-bond acceptors (Lipinski definition) is 3. The molecule has 102 valence electrons. The number of nitrogens with zero attached hydrogens (tertiary/aromatic N) is 4. The van der Waals surface area contributed by atoms with Crippen molar-refractivity contribution >= 4 is 5.91 Å². The quantitative estimate of drug-likeness (QED) is 0.759. The van der Waals surface area contributed by atoms with Gasteiger partial charge in [-0.1, -0.05) is 13.8 Å². The molecule has 0 unspecified atom stereocenters. The van der Waals surface area contributed by atoms with Crippen LogP contribution >= 0.6 is 0 Å². The van der Waals surface area contributed by atoms with Crippen LogP contribution in [0.5, 0.6) is 0 Å². The fourth-order valence-corrected chi connectivity index (χ4v) is 1.96. The van der Waals surface area contributed by atoms with Gasteiger partial charge in [0.2, 0.25) is 0 Å². The highest BCUT2D eigenvalue weighted by Gasteiger charge is 2.18. The third-order valence-electron chi connectivity index (χ3n) is 2.83. The van der Waals surface area contributed by atoms with E-state index in [9.17, 15) is 4.79 Å². The number of rotatable bonds is 1. The van der Waals surface area contributed by atoms with Gasteiger partial charge < -0.3 is 9.80 Å². The molecule has 0 radical (unpaired) electrons. The minimum atomic E-state index is -0.0248. The number of aryl methyl sites for hydroxylation is 1. The summed E-state index contributed by atoms with van der Waals surface area (Å²) in [5.74, 6) is -0.0248. The van der Waals surface area contributed by atoms with E-state index < -0.39 is 0 Å². The molecule has 2 rings (SSSR count). The van der Waals surface area contributed by atoms with Crippen molar-refractivity contribution in [3.05, 3.63) is 17.5 Å². The standard InChI is InChI=1S/C11H18N4O.C2H6/c1-13(2)11(16)10-7-9-8-14(3)5-4-6-15(9)12-10;1-2/h7H,4-6,8H2,1-3H3;1-2H3. The highest BCUT2D eigenvalue weighted by atomic mass is 16.2. The first kappa shape index (κ1) is 14.7. The lowest BCUT2D eigenvalue weighted by atomic mass is 10.3. The average molecular weight is 252 g/mol. The molecular formula is C13H24N4O. The molecule has 0 saturated heterocycles. The maximum atomic E-state index is 11.8. The van der Waals surface area contributed by atoms with Gasteiger partial charge in [-0.3, -0.25) is 9.48 Å². The smallest absolute Gasteiger partial charge is 0.273 e. The van der Waals surface area contributed by atoms with E-state index in [2.05, 4.69) is 17.0 Å². The van der Waals surface area contributed by atoms with E-state index in [0.29, 0.717) is 5.69 Å². The second-order valence-corrected chi connectivity index (χ2v) is 4.53. The topological polar surface area (TPSA) is 41.4 Å². The number of fused-ring (bicyclic) bond motifs is 1. The molecule has 0 fully saturated rings. The fraction of sp³-hybridized carbons (Fsp3) is 0.692. The van der Waals surface area contributed by atoms with Crippen LogP contribution in [-0.2, 0) is 13.1 Å². The molecule has 5 heteroatoms. The van der Waals surface area contributed by atoms with Gasteiger partial charge in [0.1, 0.15) is 0 Å². The summed E-state index contributed by atoms with van der Waals surface area (Å²) < 4.78 is 1.96. The Hall–Kier alpha value is -1.36. The van der Waals surface area contributed by atoms with Crippen LogP contribution in [0, 0.1) is 0 Å². The van der Waals surface area contributed by atoms with Gasteiger partial charge in [0.05, 0.1) is 5.69 Å². The van der Waals surface area contributed by atoms with E-state index in [1.54, 1.807) is 19.0 Å². The van der Waals surface area contributed by atoms with Gasteiger partial charge in [-0.2, -0.15) is 5.10 Å². The first-order chi connectivity index (χ1) is 8.58. The molecule has 18 heavy (non-hydrogen) atoms. The zero-order valence-corrected chi connectivity index (χ0v) is 12.1. The van der Waals surface area contributed by atoms with Crippen LogP contribution in [0.4, 0.5) is 0 Å². The largest absolute Gasteiger partial charge is 0.343 e. The monoisotopic (exact) mass is 252 g/mol. The summed E-state index contributed by atoms with van der Waals surface area (Å²) in [5.41, 5.74) is 1.68. The number of carbonyl (C=O) groups is 1. The third kappa shape index (κ3) is 3.32. The molecule has 1 amide bonds. The maximum Gasteiger partial charge on any atom is 0.273 e. The highest BCUT2D eigenvalue weighted by molar-refractivity contribution is 5.92. The fourth-order valence-electron chi connectivity index (χ4n) is 1.96. The van der Waals surface area contributed by atoms with Crippen molar-refractivity contribution in [2.45, 2.75) is 33.4 Å². The molecule has 0 atom stereocenters. The molecule has 0 N–H and O–H groups in total. The maximum absolute atomic E-state index is 11.8. The van der Waals surface area contributed by atoms with E-state index in [0.717, 1.165) is 31.7 Å². The molecule has 0 aromatic carbocycles. The van der Waals surface area contributed by atoms with Crippen molar-refractivity contribution in [2.75, 3.05) is 27.7 Å². The van der Waals surface area contributed by atoms with Crippen LogP contribution in [-0.4, -0.2) is 53.2 Å². The first-order valence-electron chi connectivity index (χ1n) is 6.55. The third-order valence-corrected chi connectivity index (χ3v) is 2.83. The minimum absolute atomic E-state index is 0.0248. The van der Waals surface area contributed by atoms with Crippen LogP contribution in [0.1, 0.15) is 36.5 Å². The number of hydrogen-bond donors (Lipinski definition) is 0. The van der Waals surface area contributed by atoms with Crippen LogP contribution in [0.25, 0.3) is 0 Å². The summed E-state index contributed by atoms with van der Waals surface area (Å²) in [5, 5.41) is 4.37. The molecule has 0 saturated carbocycles. The van der Waals surface area contributed by atoms with Gasteiger partial charge in [-0.15, -0.1) is 0 Å². The van der Waals surface area contributed by atoms with E-state index in [4.69, 9.17) is 0 Å². The van der Waals surface area contributed by atoms with Gasteiger partial charge in [-0.25, -0.2) is 0 Å². The summed E-state index contributed by atoms with van der Waals surface area (Å²) in [7, 11) is 5.59. The summed E-state index contributed by atoms with van der Waals surface area (Å²) in [4.78, 5) is 15.6. The Kier molecular flexibility index (Phi) is 5.34. The molecule has 1 aliphatic rings. The highest BCUT2D eigenvalue weighted by Crippen LogP contribution is 2.13. The Morgan fingerprint density at radius 3 is 2.61 bits per heavy atom. The van der Waals surface area contributed by atoms with E-state index >= 15 is 0 Å². The summed E-state index contributed by atoms with van der Waals surface area (Å²) in [6.07, 6.45) is 1.08. The summed E-state index contributed by atoms with van der Waals surface area (Å²) in [6, 6.07) is 1.91. The molecule has 1 aliphatic heterocycles. The summed E-state index contributed by atoms with van der Waals surface area (Å²) >= 11 is 0. The van der Waals surface area contributed by atoms with Gasteiger partial charge in [0, 0.05) is 33.7 Å². The zero-order valence-electron chi connectivity index (χ0n) is 12.1. The molecule has 2 heterocycles. The Labute approximate surface area is 109 Å². The van der Waals surface area contributed by atoms with Crippen LogP contribution in [0.3, 0.4) is 0 Å². The molecular weight excluding hydrogens is 228 g/mol. The van der Waals surface area contributed by atoms with Crippen molar-refractivity contribution < 1.29 is 4.79 Å². The van der Waals surface area contributed by atoms with Crippen molar-refractivity contribution in [3.8, 4) is 0 Å². The second-order valence-electron chi connectivity index (χ2n) is 4.53. The molecule has 0 spiro atoms. The number of amides is 1. The van der Waals surface area contributed by atoms with Crippen LogP contribution in [0.2, 0.25) is 0 Å². The molecule has 1 aromatic heterocycles. The van der Waals surface area contributed by atoms with Crippen molar-refractivity contribution in [3.63, 3.8) is 0 Å². The van der Waals surface area contributed by atoms with E-state index in [-0.39, 0.29) is 5.91 Å². The Morgan fingerprint density at radius 1 is 1.33 bits per heavy atom. The predicted octanol–water partition coefficient (Wildman–Crippen LogP) is 1.45. The van der Waals surface area contributed by atoms with Crippen LogP contribution < -0.4 is 0 Å². The van der Waals surface area contributed by atoms with E-state index in [1.165, 1.54) is 0 Å². The van der Waals surface area contributed by atoms with Gasteiger partial charge in [0.15, 0.2) is 5.69 Å². The molecule has 1 aromatic rings. The lowest BCUT2D eigenvalue weighted by molar-refractivity contribution is 0.0821. The van der Waals surface area contributed by atoms with Gasteiger partial charge in [-0.05, 0) is 19.5 Å². The first-order valence-corrected chi connectivity index (χ1v) is 6.55. The van der Waals surface area contributed by atoms with Gasteiger partial charge in [0.25, 0.3) is 5.91 Å². The summed E-state index contributed by atoms with van der Waals surface area (Å²) in [6.45, 7) is 6.86. The predicted molar refractivity (Wildman–Crippen MR) is 72.5 cm³/mol. The second kappa shape index (κ2) is 6.54.